The molecule has 0 aliphatic heterocycles. The minimum absolute atomic E-state index is 0.0218. The summed E-state index contributed by atoms with van der Waals surface area (Å²) in [7, 11) is 0. The standard InChI is InChI=1S/C36H40N6O10/c37-26(15-20-5-9-23(43)10-6-20)33(48)42-30(17-22-18-38-27-4-2-1-3-25(22)27)34(49)39-19-31(45)40-29(16-21-7-11-24(44)12-8-21)35(50)41-28(36(51)52)13-14-32(46)47/h1-12,18,26,28-30,38,43-44H,13-17,19,37H2,(H,39,49)(H,40,45)(H,41,50)(H,42,48)(H,46,47)(H,51,52)/t26-,28-,29-,30-/m0/s1. The molecule has 0 spiro atoms. The number of carboxylic acids is 2. The first kappa shape index (κ1) is 38.4. The number of fused-ring (bicyclic) bond motifs is 1. The number of hydrogen-bond donors (Lipinski definition) is 10. The van der Waals surface area contributed by atoms with E-state index in [1.165, 1.54) is 36.4 Å². The molecular formula is C36H40N6O10. The molecule has 0 aliphatic rings. The molecule has 0 unspecified atom stereocenters. The number of phenols is 2. The van der Waals surface area contributed by atoms with Gasteiger partial charge in [0.05, 0.1) is 12.6 Å². The topological polar surface area (TPSA) is 273 Å². The molecule has 0 bridgehead atoms. The van der Waals surface area contributed by atoms with Crippen molar-refractivity contribution in [1.82, 2.24) is 26.3 Å². The zero-order valence-corrected chi connectivity index (χ0v) is 27.9. The number of aromatic hydroxyl groups is 2. The molecule has 274 valence electrons. The van der Waals surface area contributed by atoms with Gasteiger partial charge in [0, 0.05) is 36.4 Å². The number of carbonyl (C=O) groups excluding carboxylic acids is 4. The van der Waals surface area contributed by atoms with Crippen LogP contribution in [0.25, 0.3) is 10.9 Å². The van der Waals surface area contributed by atoms with Gasteiger partial charge in [-0.1, -0.05) is 42.5 Å². The summed E-state index contributed by atoms with van der Waals surface area (Å²) in [5, 5.41) is 48.4. The Bertz CT molecular complexity index is 1890. The quantitative estimate of drug-likeness (QED) is 0.0675. The van der Waals surface area contributed by atoms with Gasteiger partial charge in [-0.25, -0.2) is 4.79 Å². The van der Waals surface area contributed by atoms with Crippen molar-refractivity contribution in [3.63, 3.8) is 0 Å². The van der Waals surface area contributed by atoms with Crippen LogP contribution in [0.4, 0.5) is 0 Å². The van der Waals surface area contributed by atoms with Crippen molar-refractivity contribution in [1.29, 1.82) is 0 Å². The molecule has 4 rings (SSSR count). The first-order valence-corrected chi connectivity index (χ1v) is 16.3. The van der Waals surface area contributed by atoms with Gasteiger partial charge in [0.25, 0.3) is 0 Å². The van der Waals surface area contributed by atoms with Crippen LogP contribution < -0.4 is 27.0 Å². The van der Waals surface area contributed by atoms with Gasteiger partial charge in [-0.2, -0.15) is 0 Å². The van der Waals surface area contributed by atoms with Crippen LogP contribution in [0.2, 0.25) is 0 Å². The van der Waals surface area contributed by atoms with Crippen LogP contribution in [-0.4, -0.2) is 91.7 Å². The number of para-hydroxylation sites is 1. The Labute approximate surface area is 297 Å². The zero-order chi connectivity index (χ0) is 37.8. The zero-order valence-electron chi connectivity index (χ0n) is 27.9. The Kier molecular flexibility index (Phi) is 13.3. The molecule has 1 aromatic heterocycles. The van der Waals surface area contributed by atoms with Gasteiger partial charge < -0.3 is 52.4 Å². The summed E-state index contributed by atoms with van der Waals surface area (Å²) in [4.78, 5) is 79.0. The molecule has 0 saturated heterocycles. The maximum Gasteiger partial charge on any atom is 0.326 e. The van der Waals surface area contributed by atoms with Crippen molar-refractivity contribution in [3.8, 4) is 11.5 Å². The van der Waals surface area contributed by atoms with Gasteiger partial charge in [0.15, 0.2) is 0 Å². The molecule has 16 nitrogen and oxygen atoms in total. The summed E-state index contributed by atoms with van der Waals surface area (Å²) in [6, 6.07) is 14.0. The Morgan fingerprint density at radius 3 is 1.87 bits per heavy atom. The molecule has 0 fully saturated rings. The highest BCUT2D eigenvalue weighted by molar-refractivity contribution is 5.95. The minimum Gasteiger partial charge on any atom is -0.508 e. The van der Waals surface area contributed by atoms with Crippen LogP contribution in [0.5, 0.6) is 11.5 Å². The second-order valence-electron chi connectivity index (χ2n) is 12.1. The molecular weight excluding hydrogens is 676 g/mol. The average Bonchev–Trinajstić information content (AvgIpc) is 3.52. The van der Waals surface area contributed by atoms with E-state index in [1.807, 2.05) is 24.3 Å². The minimum atomic E-state index is -1.56. The first-order valence-electron chi connectivity index (χ1n) is 16.3. The lowest BCUT2D eigenvalue weighted by molar-refractivity contribution is -0.143. The van der Waals surface area contributed by atoms with Crippen molar-refractivity contribution in [2.24, 2.45) is 5.73 Å². The predicted molar refractivity (Wildman–Crippen MR) is 187 cm³/mol. The van der Waals surface area contributed by atoms with E-state index in [4.69, 9.17) is 10.8 Å². The number of carbonyl (C=O) groups is 6. The maximum absolute atomic E-state index is 13.6. The maximum atomic E-state index is 13.6. The number of H-pyrrole nitrogens is 1. The van der Waals surface area contributed by atoms with E-state index >= 15 is 0 Å². The number of benzene rings is 3. The van der Waals surface area contributed by atoms with Crippen LogP contribution in [-0.2, 0) is 48.0 Å². The van der Waals surface area contributed by atoms with E-state index in [2.05, 4.69) is 26.3 Å². The molecule has 0 aliphatic carbocycles. The lowest BCUT2D eigenvalue weighted by Gasteiger charge is -2.23. The molecule has 11 N–H and O–H groups in total. The van der Waals surface area contributed by atoms with Crippen molar-refractivity contribution >= 4 is 46.5 Å². The highest BCUT2D eigenvalue weighted by atomic mass is 16.4. The largest absolute Gasteiger partial charge is 0.508 e. The van der Waals surface area contributed by atoms with Gasteiger partial charge in [0.1, 0.15) is 29.6 Å². The number of phenolic OH excluding ortho intramolecular Hbond substituents is 2. The van der Waals surface area contributed by atoms with Crippen LogP contribution in [0.3, 0.4) is 0 Å². The predicted octanol–water partition coefficient (Wildman–Crippen LogP) is 0.454. The van der Waals surface area contributed by atoms with E-state index < -0.39 is 79.1 Å². The number of hydrogen-bond acceptors (Lipinski definition) is 9. The highest BCUT2D eigenvalue weighted by Gasteiger charge is 2.29. The monoisotopic (exact) mass is 716 g/mol. The van der Waals surface area contributed by atoms with Gasteiger partial charge in [-0.15, -0.1) is 0 Å². The Hall–Kier alpha value is -6.42. The molecule has 4 aromatic rings. The van der Waals surface area contributed by atoms with Crippen molar-refractivity contribution in [3.05, 3.63) is 95.7 Å². The van der Waals surface area contributed by atoms with Gasteiger partial charge >= 0.3 is 11.9 Å². The Morgan fingerprint density at radius 1 is 0.673 bits per heavy atom. The normalized spacial score (nSPS) is 13.2. The molecule has 52 heavy (non-hydrogen) atoms. The van der Waals surface area contributed by atoms with Gasteiger partial charge in [0.2, 0.25) is 23.6 Å². The second kappa shape index (κ2) is 18.0. The third kappa shape index (κ3) is 11.3. The van der Waals surface area contributed by atoms with Crippen molar-refractivity contribution in [2.45, 2.75) is 56.3 Å². The van der Waals surface area contributed by atoms with Crippen LogP contribution in [0, 0.1) is 0 Å². The Morgan fingerprint density at radius 2 is 1.25 bits per heavy atom. The van der Waals surface area contributed by atoms with E-state index in [1.54, 1.807) is 18.3 Å². The number of aromatic amines is 1. The third-order valence-corrected chi connectivity index (χ3v) is 8.17. The second-order valence-corrected chi connectivity index (χ2v) is 12.1. The van der Waals surface area contributed by atoms with Crippen LogP contribution >= 0.6 is 0 Å². The molecule has 4 atom stereocenters. The summed E-state index contributed by atoms with van der Waals surface area (Å²) in [5.41, 5.74) is 8.84. The van der Waals surface area contributed by atoms with Crippen molar-refractivity contribution in [2.75, 3.05) is 6.54 Å². The smallest absolute Gasteiger partial charge is 0.326 e. The fourth-order valence-electron chi connectivity index (χ4n) is 5.40. The number of amides is 4. The molecule has 0 saturated carbocycles. The summed E-state index contributed by atoms with van der Waals surface area (Å²) in [6.45, 7) is -0.640. The lowest BCUT2D eigenvalue weighted by atomic mass is 10.0. The number of nitrogens with two attached hydrogens (primary N) is 1. The SMILES string of the molecule is N[C@@H](Cc1ccc(O)cc1)C(=O)N[C@@H](Cc1c[nH]c2ccccc12)C(=O)NCC(=O)N[C@@H](Cc1ccc(O)cc1)C(=O)N[C@@H](CCC(=O)O)C(=O)O. The first-order chi connectivity index (χ1) is 24.8. The van der Waals surface area contributed by atoms with E-state index in [0.29, 0.717) is 16.7 Å². The lowest BCUT2D eigenvalue weighted by Crippen LogP contribution is -2.56. The number of aliphatic carboxylic acids is 2. The summed E-state index contributed by atoms with van der Waals surface area (Å²) in [6.07, 6.45) is 0.751. The number of nitrogens with one attached hydrogen (secondary N) is 5. The third-order valence-electron chi connectivity index (χ3n) is 8.17. The highest BCUT2D eigenvalue weighted by Crippen LogP contribution is 2.19. The molecule has 16 heteroatoms. The Balaban J connectivity index is 1.47. The van der Waals surface area contributed by atoms with E-state index in [-0.39, 0.29) is 30.8 Å². The van der Waals surface area contributed by atoms with Crippen LogP contribution in [0.1, 0.15) is 29.5 Å². The fourth-order valence-corrected chi connectivity index (χ4v) is 5.40. The molecule has 3 aromatic carbocycles. The van der Waals surface area contributed by atoms with Crippen molar-refractivity contribution < 1.29 is 49.2 Å². The number of carboxylic acid groups (broad SMARTS) is 2. The number of aromatic nitrogens is 1. The van der Waals surface area contributed by atoms with Gasteiger partial charge in [-0.3, -0.25) is 24.0 Å². The average molecular weight is 717 g/mol. The summed E-state index contributed by atoms with van der Waals surface area (Å²) in [5.74, 6) is -5.85. The molecule has 4 amide bonds. The van der Waals surface area contributed by atoms with E-state index in [0.717, 1.165) is 10.9 Å². The summed E-state index contributed by atoms with van der Waals surface area (Å²) < 4.78 is 0. The molecule has 0 radical (unpaired) electrons. The van der Waals surface area contributed by atoms with Gasteiger partial charge in [-0.05, 0) is 59.9 Å². The van der Waals surface area contributed by atoms with Crippen LogP contribution in [0.15, 0.2) is 79.0 Å². The molecule has 1 heterocycles. The summed E-state index contributed by atoms with van der Waals surface area (Å²) >= 11 is 0. The van der Waals surface area contributed by atoms with E-state index in [9.17, 15) is 44.1 Å². The fraction of sp³-hybridized carbons (Fsp3) is 0.278. The number of rotatable bonds is 18.